The summed E-state index contributed by atoms with van der Waals surface area (Å²) in [5, 5.41) is 3.01. The summed E-state index contributed by atoms with van der Waals surface area (Å²) in [6.45, 7) is 1.60. The Labute approximate surface area is 124 Å². The maximum atomic E-state index is 11.8. The van der Waals surface area contributed by atoms with Gasteiger partial charge in [-0.25, -0.2) is 4.98 Å². The van der Waals surface area contributed by atoms with Crippen molar-refractivity contribution in [2.24, 2.45) is 5.92 Å². The van der Waals surface area contributed by atoms with Crippen LogP contribution >= 0.6 is 0 Å². The molecule has 1 aliphatic rings. The molecule has 4 nitrogen and oxygen atoms in total. The van der Waals surface area contributed by atoms with Crippen LogP contribution in [0.2, 0.25) is 0 Å². The minimum atomic E-state index is 0.169. The van der Waals surface area contributed by atoms with Crippen LogP contribution in [0.1, 0.15) is 25.7 Å². The average molecular weight is 283 g/mol. The molecular formula is C17H21N3O. The Morgan fingerprint density at radius 3 is 3.14 bits per heavy atom. The van der Waals surface area contributed by atoms with Crippen molar-refractivity contribution in [3.05, 3.63) is 42.7 Å². The van der Waals surface area contributed by atoms with Gasteiger partial charge in [0, 0.05) is 19.5 Å². The van der Waals surface area contributed by atoms with Crippen molar-refractivity contribution < 1.29 is 4.79 Å². The number of para-hydroxylation sites is 2. The van der Waals surface area contributed by atoms with Gasteiger partial charge in [0.2, 0.25) is 5.91 Å². The third-order valence-corrected chi connectivity index (χ3v) is 3.99. The fraction of sp³-hybridized carbons (Fsp3) is 0.412. The first-order valence-electron chi connectivity index (χ1n) is 7.66. The van der Waals surface area contributed by atoms with Crippen molar-refractivity contribution in [1.29, 1.82) is 0 Å². The summed E-state index contributed by atoms with van der Waals surface area (Å²) in [5.74, 6) is 0.615. The van der Waals surface area contributed by atoms with E-state index in [0.29, 0.717) is 12.3 Å². The third kappa shape index (κ3) is 3.51. The molecule has 0 fully saturated rings. The molecule has 0 radical (unpaired) electrons. The largest absolute Gasteiger partial charge is 0.356 e. The lowest BCUT2D eigenvalue weighted by atomic mass is 10.1. The molecule has 1 atom stereocenters. The first-order chi connectivity index (χ1) is 10.3. The zero-order valence-corrected chi connectivity index (χ0v) is 12.2. The summed E-state index contributed by atoms with van der Waals surface area (Å²) >= 11 is 0. The van der Waals surface area contributed by atoms with Crippen LogP contribution in [0.4, 0.5) is 0 Å². The topological polar surface area (TPSA) is 46.9 Å². The van der Waals surface area contributed by atoms with Crippen LogP contribution in [-0.2, 0) is 11.3 Å². The lowest BCUT2D eigenvalue weighted by Gasteiger charge is -2.09. The Hall–Kier alpha value is -2.10. The van der Waals surface area contributed by atoms with Crippen molar-refractivity contribution >= 4 is 16.9 Å². The molecule has 3 rings (SSSR count). The van der Waals surface area contributed by atoms with Crippen LogP contribution in [0.25, 0.3) is 11.0 Å². The van der Waals surface area contributed by atoms with Gasteiger partial charge in [-0.05, 0) is 37.3 Å². The van der Waals surface area contributed by atoms with E-state index in [9.17, 15) is 4.79 Å². The molecule has 0 bridgehead atoms. The fourth-order valence-electron chi connectivity index (χ4n) is 2.84. The molecule has 1 N–H and O–H groups in total. The predicted octanol–water partition coefficient (Wildman–Crippen LogP) is 2.90. The van der Waals surface area contributed by atoms with Crippen LogP contribution in [0.5, 0.6) is 0 Å². The van der Waals surface area contributed by atoms with Crippen LogP contribution in [0.3, 0.4) is 0 Å². The molecule has 2 aromatic rings. The molecule has 1 unspecified atom stereocenters. The molecule has 1 aromatic heterocycles. The second kappa shape index (κ2) is 6.57. The number of imidazole rings is 1. The molecular weight excluding hydrogens is 262 g/mol. The van der Waals surface area contributed by atoms with Crippen molar-refractivity contribution in [1.82, 2.24) is 14.9 Å². The van der Waals surface area contributed by atoms with Crippen LogP contribution in [-0.4, -0.2) is 22.0 Å². The van der Waals surface area contributed by atoms with Gasteiger partial charge in [0.15, 0.2) is 0 Å². The lowest BCUT2D eigenvalue weighted by molar-refractivity contribution is -0.121. The number of aromatic nitrogens is 2. The molecule has 1 heterocycles. The number of carbonyl (C=O) groups is 1. The standard InChI is InChI=1S/C17H21N3O/c21-17(12-14-6-1-2-7-14)18-10-5-11-20-13-19-15-8-3-4-9-16(15)20/h1,3-4,6,8-9,13-14H,2,5,7,10-12H2,(H,18,21). The van der Waals surface area contributed by atoms with E-state index in [1.807, 2.05) is 24.5 Å². The molecule has 1 aromatic carbocycles. The molecule has 0 aliphatic heterocycles. The van der Waals surface area contributed by atoms with E-state index in [2.05, 4.69) is 33.1 Å². The summed E-state index contributed by atoms with van der Waals surface area (Å²) in [6, 6.07) is 8.12. The zero-order chi connectivity index (χ0) is 14.5. The SMILES string of the molecule is O=C(CC1C=CCC1)NCCCn1cnc2ccccc21. The molecule has 110 valence electrons. The monoisotopic (exact) mass is 283 g/mol. The van der Waals surface area contributed by atoms with Crippen LogP contribution < -0.4 is 5.32 Å². The fourth-order valence-corrected chi connectivity index (χ4v) is 2.84. The second-order valence-electron chi connectivity index (χ2n) is 5.60. The van der Waals surface area contributed by atoms with Gasteiger partial charge in [-0.15, -0.1) is 0 Å². The number of amides is 1. The van der Waals surface area contributed by atoms with Crippen molar-refractivity contribution in [3.8, 4) is 0 Å². The Morgan fingerprint density at radius 1 is 1.38 bits per heavy atom. The molecule has 21 heavy (non-hydrogen) atoms. The zero-order valence-electron chi connectivity index (χ0n) is 12.2. The van der Waals surface area contributed by atoms with Gasteiger partial charge in [-0.1, -0.05) is 24.3 Å². The van der Waals surface area contributed by atoms with E-state index in [1.165, 1.54) is 0 Å². The Kier molecular flexibility index (Phi) is 4.34. The summed E-state index contributed by atoms with van der Waals surface area (Å²) < 4.78 is 2.14. The highest BCUT2D eigenvalue weighted by atomic mass is 16.1. The van der Waals surface area contributed by atoms with Crippen molar-refractivity contribution in [2.45, 2.75) is 32.2 Å². The van der Waals surface area contributed by atoms with Gasteiger partial charge in [0.25, 0.3) is 0 Å². The van der Waals surface area contributed by atoms with E-state index in [1.54, 1.807) is 0 Å². The maximum Gasteiger partial charge on any atom is 0.220 e. The first kappa shape index (κ1) is 13.9. The van der Waals surface area contributed by atoms with Gasteiger partial charge in [-0.2, -0.15) is 0 Å². The second-order valence-corrected chi connectivity index (χ2v) is 5.60. The van der Waals surface area contributed by atoms with E-state index in [-0.39, 0.29) is 5.91 Å². The Balaban J connectivity index is 1.41. The summed E-state index contributed by atoms with van der Waals surface area (Å²) in [7, 11) is 0. The number of allylic oxidation sites excluding steroid dienone is 2. The predicted molar refractivity (Wildman–Crippen MR) is 83.8 cm³/mol. The average Bonchev–Trinajstić information content (AvgIpc) is 3.13. The number of nitrogens with one attached hydrogen (secondary N) is 1. The van der Waals surface area contributed by atoms with Gasteiger partial charge >= 0.3 is 0 Å². The minimum Gasteiger partial charge on any atom is -0.356 e. The van der Waals surface area contributed by atoms with E-state index < -0.39 is 0 Å². The van der Waals surface area contributed by atoms with Crippen molar-refractivity contribution in [2.75, 3.05) is 6.54 Å². The number of rotatable bonds is 6. The molecule has 0 saturated heterocycles. The smallest absolute Gasteiger partial charge is 0.220 e. The number of nitrogens with zero attached hydrogens (tertiary/aromatic N) is 2. The highest BCUT2D eigenvalue weighted by Gasteiger charge is 2.13. The summed E-state index contributed by atoms with van der Waals surface area (Å²) in [4.78, 5) is 16.2. The number of carbonyl (C=O) groups excluding carboxylic acids is 1. The Morgan fingerprint density at radius 2 is 2.29 bits per heavy atom. The van der Waals surface area contributed by atoms with Gasteiger partial charge < -0.3 is 9.88 Å². The molecule has 1 amide bonds. The Bertz CT molecular complexity index is 644. The highest BCUT2D eigenvalue weighted by molar-refractivity contribution is 5.76. The summed E-state index contributed by atoms with van der Waals surface area (Å²) in [6.07, 6.45) is 9.99. The molecule has 1 aliphatic carbocycles. The van der Waals surface area contributed by atoms with Gasteiger partial charge in [0.05, 0.1) is 17.4 Å². The van der Waals surface area contributed by atoms with Crippen molar-refractivity contribution in [3.63, 3.8) is 0 Å². The van der Waals surface area contributed by atoms with Crippen LogP contribution in [0, 0.1) is 5.92 Å². The molecule has 0 saturated carbocycles. The molecule has 4 heteroatoms. The van der Waals surface area contributed by atoms with E-state index in [4.69, 9.17) is 0 Å². The molecule has 0 spiro atoms. The van der Waals surface area contributed by atoms with Crippen LogP contribution in [0.15, 0.2) is 42.7 Å². The number of aryl methyl sites for hydroxylation is 1. The van der Waals surface area contributed by atoms with Gasteiger partial charge in [-0.3, -0.25) is 4.79 Å². The summed E-state index contributed by atoms with van der Waals surface area (Å²) in [5.41, 5.74) is 2.18. The van der Waals surface area contributed by atoms with E-state index in [0.717, 1.165) is 43.4 Å². The third-order valence-electron chi connectivity index (χ3n) is 3.99. The first-order valence-corrected chi connectivity index (χ1v) is 7.66. The number of fused-ring (bicyclic) bond motifs is 1. The minimum absolute atomic E-state index is 0.169. The quantitative estimate of drug-likeness (QED) is 0.654. The van der Waals surface area contributed by atoms with Gasteiger partial charge in [0.1, 0.15) is 0 Å². The van der Waals surface area contributed by atoms with E-state index >= 15 is 0 Å². The highest BCUT2D eigenvalue weighted by Crippen LogP contribution is 2.19. The maximum absolute atomic E-state index is 11.8. The number of hydrogen-bond acceptors (Lipinski definition) is 2. The number of hydrogen-bond donors (Lipinski definition) is 1. The normalized spacial score (nSPS) is 17.4. The lowest BCUT2D eigenvalue weighted by Crippen LogP contribution is -2.26. The number of benzene rings is 1.